The number of methoxy groups -OCH3 is 1. The van der Waals surface area contributed by atoms with E-state index >= 15 is 0 Å². The smallest absolute Gasteiger partial charge is 0.343 e. The van der Waals surface area contributed by atoms with Gasteiger partial charge in [-0.3, -0.25) is 9.69 Å². The molecule has 0 saturated carbocycles. The molecule has 0 bridgehead atoms. The molecule has 1 fully saturated rings. The maximum Gasteiger partial charge on any atom is 0.343 e. The SMILES string of the molecule is CCOc1cc(C=C2SC(=S)N(C)C2=O)cc(Br)c1OCC(=O)OC. The number of esters is 1. The summed E-state index contributed by atoms with van der Waals surface area (Å²) in [6.45, 7) is 2.03. The number of hydrogen-bond donors (Lipinski definition) is 0. The second kappa shape index (κ2) is 8.68. The molecule has 0 unspecified atom stereocenters. The number of rotatable bonds is 6. The first-order valence-corrected chi connectivity index (χ1v) is 9.26. The standard InChI is InChI=1S/C16H16BrNO5S2/c1-4-22-11-6-9(7-12-15(20)18(2)16(24)25-12)5-10(17)14(11)23-8-13(19)21-3/h5-7H,4,8H2,1-3H3. The number of carbonyl (C=O) groups is 2. The summed E-state index contributed by atoms with van der Waals surface area (Å²) in [5, 5.41) is 0. The van der Waals surface area contributed by atoms with Gasteiger partial charge in [0.15, 0.2) is 18.1 Å². The number of nitrogens with zero attached hydrogens (tertiary/aromatic N) is 1. The van der Waals surface area contributed by atoms with Crippen LogP contribution in [0.5, 0.6) is 11.5 Å². The zero-order valence-electron chi connectivity index (χ0n) is 13.8. The van der Waals surface area contributed by atoms with Crippen LogP contribution in [0.15, 0.2) is 21.5 Å². The maximum atomic E-state index is 12.1. The van der Waals surface area contributed by atoms with Crippen LogP contribution >= 0.6 is 39.9 Å². The van der Waals surface area contributed by atoms with E-state index in [4.69, 9.17) is 21.7 Å². The zero-order valence-corrected chi connectivity index (χ0v) is 17.0. The highest BCUT2D eigenvalue weighted by molar-refractivity contribution is 9.10. The molecule has 0 aromatic heterocycles. The number of benzene rings is 1. The van der Waals surface area contributed by atoms with Crippen molar-refractivity contribution in [2.45, 2.75) is 6.92 Å². The predicted molar refractivity (Wildman–Crippen MR) is 104 cm³/mol. The molecule has 6 nitrogen and oxygen atoms in total. The molecule has 0 spiro atoms. The normalized spacial score (nSPS) is 15.7. The van der Waals surface area contributed by atoms with Gasteiger partial charge in [0.05, 0.1) is 23.1 Å². The van der Waals surface area contributed by atoms with Crippen molar-refractivity contribution in [3.63, 3.8) is 0 Å². The predicted octanol–water partition coefficient (Wildman–Crippen LogP) is 3.23. The fraction of sp³-hybridized carbons (Fsp3) is 0.312. The number of halogens is 1. The van der Waals surface area contributed by atoms with Crippen molar-refractivity contribution in [3.05, 3.63) is 27.1 Å². The minimum absolute atomic E-state index is 0.143. The second-order valence-corrected chi connectivity index (χ2v) is 7.40. The second-order valence-electron chi connectivity index (χ2n) is 4.87. The molecule has 9 heteroatoms. The molecule has 1 aliphatic rings. The van der Waals surface area contributed by atoms with Gasteiger partial charge >= 0.3 is 5.97 Å². The number of thiocarbonyl (C=S) groups is 1. The van der Waals surface area contributed by atoms with E-state index in [0.717, 1.165) is 5.56 Å². The van der Waals surface area contributed by atoms with Crippen molar-refractivity contribution in [2.24, 2.45) is 0 Å². The zero-order chi connectivity index (χ0) is 18.6. The number of thioether (sulfide) groups is 1. The van der Waals surface area contributed by atoms with Crippen LogP contribution in [0, 0.1) is 0 Å². The van der Waals surface area contributed by atoms with Gasteiger partial charge in [-0.15, -0.1) is 0 Å². The minimum Gasteiger partial charge on any atom is -0.490 e. The fourth-order valence-corrected chi connectivity index (χ4v) is 3.71. The summed E-state index contributed by atoms with van der Waals surface area (Å²) >= 11 is 9.78. The van der Waals surface area contributed by atoms with Gasteiger partial charge in [0, 0.05) is 7.05 Å². The van der Waals surface area contributed by atoms with E-state index in [1.54, 1.807) is 25.3 Å². The highest BCUT2D eigenvalue weighted by Gasteiger charge is 2.28. The van der Waals surface area contributed by atoms with E-state index in [9.17, 15) is 9.59 Å². The Morgan fingerprint density at radius 3 is 2.68 bits per heavy atom. The summed E-state index contributed by atoms with van der Waals surface area (Å²) in [4.78, 5) is 25.4. The molecule has 1 heterocycles. The van der Waals surface area contributed by atoms with Gasteiger partial charge in [-0.25, -0.2) is 4.79 Å². The highest BCUT2D eigenvalue weighted by Crippen LogP contribution is 2.39. The molecular formula is C16H16BrNO5S2. The van der Waals surface area contributed by atoms with Crippen LogP contribution in [0.1, 0.15) is 12.5 Å². The topological polar surface area (TPSA) is 65.1 Å². The van der Waals surface area contributed by atoms with E-state index < -0.39 is 5.97 Å². The maximum absolute atomic E-state index is 12.1. The lowest BCUT2D eigenvalue weighted by Crippen LogP contribution is -2.22. The van der Waals surface area contributed by atoms with Crippen molar-refractivity contribution in [3.8, 4) is 11.5 Å². The molecule has 25 heavy (non-hydrogen) atoms. The van der Waals surface area contributed by atoms with Crippen LogP contribution in [-0.2, 0) is 14.3 Å². The van der Waals surface area contributed by atoms with Gasteiger partial charge in [0.25, 0.3) is 5.91 Å². The van der Waals surface area contributed by atoms with Crippen LogP contribution in [0.3, 0.4) is 0 Å². The van der Waals surface area contributed by atoms with Crippen LogP contribution < -0.4 is 9.47 Å². The van der Waals surface area contributed by atoms with Gasteiger partial charge in [-0.1, -0.05) is 24.0 Å². The largest absolute Gasteiger partial charge is 0.490 e. The Balaban J connectivity index is 2.34. The van der Waals surface area contributed by atoms with Crippen molar-refractivity contribution < 1.29 is 23.8 Å². The van der Waals surface area contributed by atoms with Crippen molar-refractivity contribution in [1.82, 2.24) is 4.90 Å². The number of ether oxygens (including phenoxy) is 3. The molecule has 0 aliphatic carbocycles. The van der Waals surface area contributed by atoms with Crippen molar-refractivity contribution in [2.75, 3.05) is 27.4 Å². The molecule has 1 aromatic rings. The van der Waals surface area contributed by atoms with Crippen LogP contribution in [-0.4, -0.2) is 48.5 Å². The van der Waals surface area contributed by atoms with E-state index in [1.807, 2.05) is 6.92 Å². The Morgan fingerprint density at radius 1 is 1.40 bits per heavy atom. The van der Waals surface area contributed by atoms with E-state index in [1.165, 1.54) is 23.8 Å². The average molecular weight is 446 g/mol. The Labute approximate surface area is 163 Å². The average Bonchev–Trinajstić information content (AvgIpc) is 2.81. The minimum atomic E-state index is -0.495. The first-order chi connectivity index (χ1) is 11.9. The molecule has 1 saturated heterocycles. The summed E-state index contributed by atoms with van der Waals surface area (Å²) in [6, 6.07) is 3.51. The van der Waals surface area contributed by atoms with Gasteiger partial charge in [0.2, 0.25) is 0 Å². The number of hydrogen-bond acceptors (Lipinski definition) is 7. The molecule has 0 N–H and O–H groups in total. The number of carbonyl (C=O) groups excluding carboxylic acids is 2. The van der Waals surface area contributed by atoms with E-state index in [0.29, 0.717) is 31.8 Å². The molecule has 1 amide bonds. The lowest BCUT2D eigenvalue weighted by Gasteiger charge is -2.14. The summed E-state index contributed by atoms with van der Waals surface area (Å²) in [5.74, 6) is 0.214. The Bertz CT molecular complexity index is 750. The third-order valence-electron chi connectivity index (χ3n) is 3.18. The Hall–Kier alpha value is -1.58. The first-order valence-electron chi connectivity index (χ1n) is 7.24. The summed E-state index contributed by atoms with van der Waals surface area (Å²) < 4.78 is 16.8. The molecule has 134 valence electrons. The molecule has 2 rings (SSSR count). The van der Waals surface area contributed by atoms with Crippen LogP contribution in [0.2, 0.25) is 0 Å². The fourth-order valence-electron chi connectivity index (χ4n) is 1.96. The summed E-state index contributed by atoms with van der Waals surface area (Å²) in [6.07, 6.45) is 1.74. The van der Waals surface area contributed by atoms with Crippen LogP contribution in [0.25, 0.3) is 6.08 Å². The summed E-state index contributed by atoms with van der Waals surface area (Å²) in [7, 11) is 2.93. The van der Waals surface area contributed by atoms with Gasteiger partial charge in [-0.2, -0.15) is 0 Å². The molecule has 0 radical (unpaired) electrons. The third kappa shape index (κ3) is 4.74. The summed E-state index contributed by atoms with van der Waals surface area (Å²) in [5.41, 5.74) is 0.745. The monoisotopic (exact) mass is 445 g/mol. The molecule has 0 atom stereocenters. The van der Waals surface area contributed by atoms with Crippen molar-refractivity contribution in [1.29, 1.82) is 0 Å². The third-order valence-corrected chi connectivity index (χ3v) is 5.25. The molecule has 1 aromatic carbocycles. The lowest BCUT2D eigenvalue weighted by atomic mass is 10.2. The van der Waals surface area contributed by atoms with Gasteiger partial charge in [-0.05, 0) is 46.6 Å². The number of amides is 1. The van der Waals surface area contributed by atoms with Gasteiger partial charge < -0.3 is 14.2 Å². The number of likely N-dealkylation sites (N-methyl/N-ethyl adjacent to an activating group) is 1. The van der Waals surface area contributed by atoms with Crippen molar-refractivity contribution >= 4 is 62.2 Å². The Kier molecular flexibility index (Phi) is 6.86. The Morgan fingerprint density at radius 2 is 2.12 bits per heavy atom. The molecular weight excluding hydrogens is 430 g/mol. The first kappa shape index (κ1) is 19.7. The highest BCUT2D eigenvalue weighted by atomic mass is 79.9. The quantitative estimate of drug-likeness (QED) is 0.378. The van der Waals surface area contributed by atoms with E-state index in [2.05, 4.69) is 20.7 Å². The van der Waals surface area contributed by atoms with E-state index in [-0.39, 0.29) is 12.5 Å². The lowest BCUT2D eigenvalue weighted by molar-refractivity contribution is -0.143. The van der Waals surface area contributed by atoms with Gasteiger partial charge in [0.1, 0.15) is 4.32 Å². The molecule has 1 aliphatic heterocycles. The van der Waals surface area contributed by atoms with Crippen LogP contribution in [0.4, 0.5) is 0 Å².